The van der Waals surface area contributed by atoms with Gasteiger partial charge in [-0.25, -0.2) is 0 Å². The highest BCUT2D eigenvalue weighted by molar-refractivity contribution is 5.33. The molecule has 5 saturated carbocycles. The standard InChI is InChI=1S/C45H74O17/c1-39(2)26(60-38-33(30(52)23(49)18-58-38)61-37-32(54)29(51)22(48)17-57-37)9-11-45-19-44(45)13-12-41(5)34(43(7)10-8-27(62-43)40(3,4)55)20(46)15-42(41,6)25(44)14-24(35(39)45)59-36-31(53)28(50)21(47)16-56-36/h20-38,46-55H,8-19H2,1-7H3/t20-,21-,22-,23-,24-,25-,26+,27-,28-,29+,30-,31-,32-,33-,34+,35+,36-,37-,38-,41+,42-,43+,44-,45+/m0/s1. The Balaban J connectivity index is 1.03. The van der Waals surface area contributed by atoms with Gasteiger partial charge in [0.05, 0.1) is 55.4 Å². The van der Waals surface area contributed by atoms with Crippen molar-refractivity contribution in [2.45, 2.75) is 216 Å². The van der Waals surface area contributed by atoms with Crippen molar-refractivity contribution in [2.24, 2.45) is 44.8 Å². The van der Waals surface area contributed by atoms with Crippen LogP contribution in [0.2, 0.25) is 0 Å². The molecule has 5 aliphatic carbocycles. The molecule has 24 atom stereocenters. The second-order valence-electron chi connectivity index (χ2n) is 23.0. The summed E-state index contributed by atoms with van der Waals surface area (Å²) in [5.41, 5.74) is -3.33. The third-order valence-corrected chi connectivity index (χ3v) is 18.9. The molecule has 9 fully saturated rings. The van der Waals surface area contributed by atoms with Crippen molar-refractivity contribution in [3.05, 3.63) is 0 Å². The number of aliphatic hydroxyl groups excluding tert-OH is 9. The minimum Gasteiger partial charge on any atom is -0.393 e. The predicted molar refractivity (Wildman–Crippen MR) is 214 cm³/mol. The molecule has 9 rings (SSSR count). The molecule has 4 saturated heterocycles. The van der Waals surface area contributed by atoms with Gasteiger partial charge in [0, 0.05) is 5.92 Å². The molecule has 2 spiro atoms. The van der Waals surface area contributed by atoms with Crippen LogP contribution in [0, 0.1) is 44.8 Å². The summed E-state index contributed by atoms with van der Waals surface area (Å²) in [4.78, 5) is 0. The second-order valence-corrected chi connectivity index (χ2v) is 23.0. The van der Waals surface area contributed by atoms with Gasteiger partial charge >= 0.3 is 0 Å². The number of hydrogen-bond donors (Lipinski definition) is 10. The van der Waals surface area contributed by atoms with Crippen molar-refractivity contribution in [3.63, 3.8) is 0 Å². The highest BCUT2D eigenvalue weighted by Gasteiger charge is 2.85. The van der Waals surface area contributed by atoms with E-state index >= 15 is 0 Å². The summed E-state index contributed by atoms with van der Waals surface area (Å²) in [5.74, 6) is -0.256. The lowest BCUT2D eigenvalue weighted by atomic mass is 9.41. The monoisotopic (exact) mass is 886 g/mol. The molecular weight excluding hydrogens is 812 g/mol. The van der Waals surface area contributed by atoms with Crippen LogP contribution < -0.4 is 0 Å². The van der Waals surface area contributed by atoms with E-state index in [0.717, 1.165) is 32.1 Å². The second kappa shape index (κ2) is 15.4. The summed E-state index contributed by atoms with van der Waals surface area (Å²) in [6, 6.07) is 0. The lowest BCUT2D eigenvalue weighted by molar-refractivity contribution is -0.359. The summed E-state index contributed by atoms with van der Waals surface area (Å²) < 4.78 is 44.0. The fourth-order valence-corrected chi connectivity index (χ4v) is 15.8. The molecule has 10 N–H and O–H groups in total. The van der Waals surface area contributed by atoms with Crippen LogP contribution in [0.4, 0.5) is 0 Å². The Morgan fingerprint density at radius 1 is 0.565 bits per heavy atom. The maximum atomic E-state index is 12.3. The molecular formula is C45H74O17. The van der Waals surface area contributed by atoms with Crippen molar-refractivity contribution < 1.29 is 84.2 Å². The Kier molecular flexibility index (Phi) is 11.5. The predicted octanol–water partition coefficient (Wildman–Crippen LogP) is -0.173. The van der Waals surface area contributed by atoms with Crippen molar-refractivity contribution in [3.8, 4) is 0 Å². The molecule has 0 aromatic rings. The lowest BCUT2D eigenvalue weighted by Gasteiger charge is -2.65. The van der Waals surface area contributed by atoms with E-state index in [2.05, 4.69) is 34.6 Å². The molecule has 0 aromatic carbocycles. The fraction of sp³-hybridized carbons (Fsp3) is 1.00. The molecule has 0 unspecified atom stereocenters. The van der Waals surface area contributed by atoms with Crippen LogP contribution in [-0.2, 0) is 33.2 Å². The van der Waals surface area contributed by atoms with Crippen molar-refractivity contribution in [1.82, 2.24) is 0 Å². The quantitative estimate of drug-likeness (QED) is 0.142. The van der Waals surface area contributed by atoms with E-state index in [1.165, 1.54) is 0 Å². The average molecular weight is 887 g/mol. The van der Waals surface area contributed by atoms with Crippen LogP contribution in [0.3, 0.4) is 0 Å². The molecule has 0 radical (unpaired) electrons. The van der Waals surface area contributed by atoms with Gasteiger partial charge in [-0.1, -0.05) is 27.7 Å². The highest BCUT2D eigenvalue weighted by Crippen LogP contribution is 2.89. The first-order valence-electron chi connectivity index (χ1n) is 23.2. The average Bonchev–Trinajstić information content (AvgIpc) is 3.56. The highest BCUT2D eigenvalue weighted by atomic mass is 16.8. The zero-order valence-corrected chi connectivity index (χ0v) is 37.3. The Bertz CT molecular complexity index is 1660. The summed E-state index contributed by atoms with van der Waals surface area (Å²) in [6.07, 6.45) is -12.2. The molecule has 0 aromatic heterocycles. The van der Waals surface area contributed by atoms with Gasteiger partial charge in [0.1, 0.15) is 54.9 Å². The number of fused-ring (bicyclic) bond motifs is 2. The van der Waals surface area contributed by atoms with Gasteiger partial charge in [-0.2, -0.15) is 0 Å². The van der Waals surface area contributed by atoms with Gasteiger partial charge in [-0.3, -0.25) is 0 Å². The van der Waals surface area contributed by atoms with E-state index in [4.69, 9.17) is 33.2 Å². The third-order valence-electron chi connectivity index (χ3n) is 18.9. The zero-order chi connectivity index (χ0) is 44.9. The first-order chi connectivity index (χ1) is 28.8. The van der Waals surface area contributed by atoms with Crippen LogP contribution in [0.1, 0.15) is 106 Å². The van der Waals surface area contributed by atoms with Crippen LogP contribution in [0.25, 0.3) is 0 Å². The Hall–Kier alpha value is -0.680. The minimum atomic E-state index is -1.65. The molecule has 17 nitrogen and oxygen atoms in total. The first kappa shape index (κ1) is 46.4. The van der Waals surface area contributed by atoms with Gasteiger partial charge < -0.3 is 84.2 Å². The Morgan fingerprint density at radius 2 is 1.15 bits per heavy atom. The summed E-state index contributed by atoms with van der Waals surface area (Å²) >= 11 is 0. The van der Waals surface area contributed by atoms with Gasteiger partial charge in [-0.15, -0.1) is 0 Å². The topological polar surface area (TPSA) is 267 Å². The van der Waals surface area contributed by atoms with E-state index in [-0.39, 0.29) is 65.3 Å². The summed E-state index contributed by atoms with van der Waals surface area (Å²) in [7, 11) is 0. The molecule has 62 heavy (non-hydrogen) atoms. The van der Waals surface area contributed by atoms with Gasteiger partial charge in [0.25, 0.3) is 0 Å². The number of ether oxygens (including phenoxy) is 7. The summed E-state index contributed by atoms with van der Waals surface area (Å²) in [6.45, 7) is 13.8. The van der Waals surface area contributed by atoms with Crippen LogP contribution >= 0.6 is 0 Å². The molecule has 17 heteroatoms. The van der Waals surface area contributed by atoms with Gasteiger partial charge in [-0.05, 0) is 117 Å². The molecule has 4 heterocycles. The number of rotatable bonds is 8. The Labute approximate surface area is 363 Å². The molecule has 4 aliphatic heterocycles. The molecule has 0 amide bonds. The van der Waals surface area contributed by atoms with Crippen molar-refractivity contribution in [2.75, 3.05) is 19.8 Å². The van der Waals surface area contributed by atoms with Crippen LogP contribution in [0.5, 0.6) is 0 Å². The van der Waals surface area contributed by atoms with E-state index in [9.17, 15) is 51.1 Å². The number of aliphatic hydroxyl groups is 10. The largest absolute Gasteiger partial charge is 0.393 e. The van der Waals surface area contributed by atoms with E-state index in [0.29, 0.717) is 25.7 Å². The third kappa shape index (κ3) is 6.72. The number of hydrogen-bond acceptors (Lipinski definition) is 17. The lowest BCUT2D eigenvalue weighted by Crippen LogP contribution is -2.65. The van der Waals surface area contributed by atoms with E-state index < -0.39 is 109 Å². The molecule has 9 aliphatic rings. The van der Waals surface area contributed by atoms with Crippen molar-refractivity contribution in [1.29, 1.82) is 0 Å². The smallest absolute Gasteiger partial charge is 0.186 e. The minimum absolute atomic E-state index is 0.0927. The fourth-order valence-electron chi connectivity index (χ4n) is 15.8. The zero-order valence-electron chi connectivity index (χ0n) is 37.3. The van der Waals surface area contributed by atoms with E-state index in [1.54, 1.807) is 13.8 Å². The van der Waals surface area contributed by atoms with Crippen LogP contribution in [0.15, 0.2) is 0 Å². The molecule has 0 bridgehead atoms. The van der Waals surface area contributed by atoms with Crippen LogP contribution in [-0.4, -0.2) is 180 Å². The summed E-state index contributed by atoms with van der Waals surface area (Å²) in [5, 5.41) is 109. The normalized spacial score (nSPS) is 58.5. The maximum Gasteiger partial charge on any atom is 0.186 e. The van der Waals surface area contributed by atoms with E-state index in [1.807, 2.05) is 0 Å². The van der Waals surface area contributed by atoms with Gasteiger partial charge in [0.2, 0.25) is 0 Å². The maximum absolute atomic E-state index is 12.3. The SMILES string of the molecule is CC(C)(O)[C@@H]1CC[C@](C)([C@@H]2[C@@H](O)C[C@@]3(C)[C@@H]4C[C@H](O[C@@H]5OC[C@H](O)[C@H](O)[C@@H]5O)[C@@H]5C(C)(C)[C@H](O[C@@H]6OC[C@H](O)[C@H](O)[C@@H]6O[C@@H]6OC[C@H](O)[C@@H](O)[C@@H]6O)CC[C@@]56C[C@@]46CC[C@]23C)O1. The Morgan fingerprint density at radius 3 is 1.74 bits per heavy atom. The first-order valence-corrected chi connectivity index (χ1v) is 23.2. The van der Waals surface area contributed by atoms with Gasteiger partial charge in [0.15, 0.2) is 18.9 Å². The molecule has 356 valence electrons. The van der Waals surface area contributed by atoms with Crippen molar-refractivity contribution >= 4 is 0 Å².